The standard InChI is InChI=1S/C28H23F3N2O3S/c1-19-10-12-21(13-11-19)25-15-14-24(37(35,36)18-20-6-3-2-4-7-20)17-26(25)33-27(34)32-23-9-5-8-22(16-23)28(29,30)31/h2-17H,18H2,1H3,(H2,32,33,34). The van der Waals surface area contributed by atoms with E-state index in [-0.39, 0.29) is 22.0 Å². The van der Waals surface area contributed by atoms with E-state index in [1.54, 1.807) is 36.4 Å². The topological polar surface area (TPSA) is 75.3 Å². The lowest BCUT2D eigenvalue weighted by molar-refractivity contribution is -0.137. The normalized spacial score (nSPS) is 11.7. The molecule has 0 aliphatic carbocycles. The molecule has 0 atom stereocenters. The number of hydrogen-bond acceptors (Lipinski definition) is 3. The number of alkyl halides is 3. The lowest BCUT2D eigenvalue weighted by Gasteiger charge is -2.15. The fraction of sp³-hybridized carbons (Fsp3) is 0.107. The highest BCUT2D eigenvalue weighted by Crippen LogP contribution is 2.33. The van der Waals surface area contributed by atoms with Crippen LogP contribution in [0.5, 0.6) is 0 Å². The molecule has 0 saturated heterocycles. The minimum absolute atomic E-state index is 0.00147. The van der Waals surface area contributed by atoms with Gasteiger partial charge < -0.3 is 10.6 Å². The number of nitrogens with one attached hydrogen (secondary N) is 2. The van der Waals surface area contributed by atoms with E-state index in [0.717, 1.165) is 23.3 Å². The van der Waals surface area contributed by atoms with Gasteiger partial charge in [-0.25, -0.2) is 13.2 Å². The molecule has 4 aromatic carbocycles. The van der Waals surface area contributed by atoms with Crippen molar-refractivity contribution in [2.45, 2.75) is 23.7 Å². The third-order valence-corrected chi connectivity index (χ3v) is 7.29. The minimum atomic E-state index is -4.56. The number of aryl methyl sites for hydroxylation is 1. The summed E-state index contributed by atoms with van der Waals surface area (Å²) < 4.78 is 65.4. The molecule has 5 nitrogen and oxygen atoms in total. The fourth-order valence-electron chi connectivity index (χ4n) is 3.74. The Bertz CT molecular complexity index is 1520. The zero-order valence-corrected chi connectivity index (χ0v) is 20.5. The van der Waals surface area contributed by atoms with E-state index in [2.05, 4.69) is 10.6 Å². The molecule has 4 rings (SSSR count). The first-order chi connectivity index (χ1) is 17.5. The van der Waals surface area contributed by atoms with Crippen molar-refractivity contribution in [3.8, 4) is 11.1 Å². The van der Waals surface area contributed by atoms with Gasteiger partial charge in [-0.05, 0) is 48.4 Å². The van der Waals surface area contributed by atoms with Crippen molar-refractivity contribution in [3.05, 3.63) is 114 Å². The van der Waals surface area contributed by atoms with Crippen molar-refractivity contribution < 1.29 is 26.4 Å². The number of anilines is 2. The summed E-state index contributed by atoms with van der Waals surface area (Å²) in [6.07, 6.45) is -4.56. The van der Waals surface area contributed by atoms with E-state index in [9.17, 15) is 26.4 Å². The van der Waals surface area contributed by atoms with Crippen LogP contribution in [0.3, 0.4) is 0 Å². The van der Waals surface area contributed by atoms with Crippen LogP contribution in [0.25, 0.3) is 11.1 Å². The summed E-state index contributed by atoms with van der Waals surface area (Å²) in [6, 6.07) is 24.0. The molecule has 0 radical (unpaired) electrons. The summed E-state index contributed by atoms with van der Waals surface area (Å²) >= 11 is 0. The fourth-order valence-corrected chi connectivity index (χ4v) is 5.11. The van der Waals surface area contributed by atoms with Crippen LogP contribution < -0.4 is 10.6 Å². The number of carbonyl (C=O) groups is 1. The Hall–Kier alpha value is -4.11. The monoisotopic (exact) mass is 524 g/mol. The van der Waals surface area contributed by atoms with Crippen LogP contribution >= 0.6 is 0 Å². The first-order valence-electron chi connectivity index (χ1n) is 11.2. The molecule has 2 amide bonds. The van der Waals surface area contributed by atoms with E-state index in [1.165, 1.54) is 24.3 Å². The van der Waals surface area contributed by atoms with Crippen LogP contribution in [0, 0.1) is 6.92 Å². The average molecular weight is 525 g/mol. The van der Waals surface area contributed by atoms with Gasteiger partial charge in [0.25, 0.3) is 0 Å². The van der Waals surface area contributed by atoms with Gasteiger partial charge >= 0.3 is 12.2 Å². The van der Waals surface area contributed by atoms with Crippen LogP contribution in [-0.4, -0.2) is 14.4 Å². The van der Waals surface area contributed by atoms with Crippen molar-refractivity contribution in [1.82, 2.24) is 0 Å². The minimum Gasteiger partial charge on any atom is -0.308 e. The molecule has 0 heterocycles. The summed E-state index contributed by atoms with van der Waals surface area (Å²) in [5.41, 5.74) is 2.15. The Morgan fingerprint density at radius 1 is 0.811 bits per heavy atom. The molecule has 0 aliphatic rings. The van der Waals surface area contributed by atoms with Gasteiger partial charge in [-0.1, -0.05) is 72.3 Å². The Kier molecular flexibility index (Phi) is 7.35. The van der Waals surface area contributed by atoms with Gasteiger partial charge in [-0.15, -0.1) is 0 Å². The third kappa shape index (κ3) is 6.56. The van der Waals surface area contributed by atoms with E-state index in [1.807, 2.05) is 31.2 Å². The number of urea groups is 1. The summed E-state index contributed by atoms with van der Waals surface area (Å²) in [6.45, 7) is 1.92. The predicted molar refractivity (Wildman–Crippen MR) is 138 cm³/mol. The molecule has 37 heavy (non-hydrogen) atoms. The summed E-state index contributed by atoms with van der Waals surface area (Å²) in [5, 5.41) is 5.00. The van der Waals surface area contributed by atoms with Gasteiger partial charge in [0.2, 0.25) is 0 Å². The second-order valence-corrected chi connectivity index (χ2v) is 10.5. The Morgan fingerprint density at radius 3 is 2.19 bits per heavy atom. The highest BCUT2D eigenvalue weighted by atomic mass is 32.2. The van der Waals surface area contributed by atoms with Crippen molar-refractivity contribution in [2.75, 3.05) is 10.6 Å². The van der Waals surface area contributed by atoms with Gasteiger partial charge in [0.05, 0.1) is 21.9 Å². The molecule has 0 fully saturated rings. The van der Waals surface area contributed by atoms with Crippen molar-refractivity contribution >= 4 is 27.2 Å². The Balaban J connectivity index is 1.67. The number of sulfone groups is 1. The SMILES string of the molecule is Cc1ccc(-c2ccc(S(=O)(=O)Cc3ccccc3)cc2NC(=O)Nc2cccc(C(F)(F)F)c2)cc1. The van der Waals surface area contributed by atoms with Crippen LogP contribution in [0.15, 0.2) is 102 Å². The highest BCUT2D eigenvalue weighted by molar-refractivity contribution is 7.90. The van der Waals surface area contributed by atoms with Gasteiger partial charge in [0, 0.05) is 11.3 Å². The summed E-state index contributed by atoms with van der Waals surface area (Å²) in [7, 11) is -3.75. The molecular weight excluding hydrogens is 501 g/mol. The lowest BCUT2D eigenvalue weighted by atomic mass is 10.0. The predicted octanol–water partition coefficient (Wildman–Crippen LogP) is 7.30. The maximum absolute atomic E-state index is 13.1. The molecule has 0 spiro atoms. The van der Waals surface area contributed by atoms with Gasteiger partial charge in [-0.3, -0.25) is 0 Å². The van der Waals surface area contributed by atoms with Gasteiger partial charge in [0.1, 0.15) is 0 Å². The quantitative estimate of drug-likeness (QED) is 0.278. The number of carbonyl (C=O) groups excluding carboxylic acids is 1. The van der Waals surface area contributed by atoms with E-state index >= 15 is 0 Å². The molecule has 0 aromatic heterocycles. The molecule has 2 N–H and O–H groups in total. The number of amides is 2. The third-order valence-electron chi connectivity index (χ3n) is 5.61. The van der Waals surface area contributed by atoms with Crippen molar-refractivity contribution in [2.24, 2.45) is 0 Å². The number of hydrogen-bond donors (Lipinski definition) is 2. The second-order valence-electron chi connectivity index (χ2n) is 8.48. The Morgan fingerprint density at radius 2 is 1.51 bits per heavy atom. The summed E-state index contributed by atoms with van der Waals surface area (Å²) in [4.78, 5) is 12.8. The Labute approximate surface area is 212 Å². The highest BCUT2D eigenvalue weighted by Gasteiger charge is 2.30. The second kappa shape index (κ2) is 10.5. The van der Waals surface area contributed by atoms with E-state index < -0.39 is 27.6 Å². The van der Waals surface area contributed by atoms with Crippen LogP contribution in [0.2, 0.25) is 0 Å². The average Bonchev–Trinajstić information content (AvgIpc) is 2.84. The number of rotatable bonds is 6. The first kappa shape index (κ1) is 26.0. The van der Waals surface area contributed by atoms with Crippen LogP contribution in [-0.2, 0) is 21.8 Å². The number of halogens is 3. The lowest BCUT2D eigenvalue weighted by Crippen LogP contribution is -2.20. The molecule has 0 aliphatic heterocycles. The van der Waals surface area contributed by atoms with Gasteiger partial charge in [0.15, 0.2) is 9.84 Å². The van der Waals surface area contributed by atoms with E-state index in [4.69, 9.17) is 0 Å². The molecule has 0 bridgehead atoms. The largest absolute Gasteiger partial charge is 0.416 e. The molecule has 190 valence electrons. The molecule has 0 saturated carbocycles. The first-order valence-corrected chi connectivity index (χ1v) is 12.9. The van der Waals surface area contributed by atoms with E-state index in [0.29, 0.717) is 11.1 Å². The van der Waals surface area contributed by atoms with Crippen LogP contribution in [0.4, 0.5) is 29.3 Å². The van der Waals surface area contributed by atoms with Gasteiger partial charge in [-0.2, -0.15) is 13.2 Å². The maximum atomic E-state index is 13.1. The molecule has 9 heteroatoms. The van der Waals surface area contributed by atoms with Crippen molar-refractivity contribution in [1.29, 1.82) is 0 Å². The van der Waals surface area contributed by atoms with Crippen LogP contribution in [0.1, 0.15) is 16.7 Å². The zero-order valence-electron chi connectivity index (χ0n) is 19.7. The molecule has 4 aromatic rings. The molecule has 0 unspecified atom stereocenters. The summed E-state index contributed by atoms with van der Waals surface area (Å²) in [5.74, 6) is -0.229. The zero-order chi connectivity index (χ0) is 26.6. The van der Waals surface area contributed by atoms with Crippen molar-refractivity contribution in [3.63, 3.8) is 0 Å². The maximum Gasteiger partial charge on any atom is 0.416 e. The smallest absolute Gasteiger partial charge is 0.308 e. The number of benzene rings is 4. The molecular formula is C28H23F3N2O3S.